The van der Waals surface area contributed by atoms with Crippen LogP contribution < -0.4 is 10.9 Å². The molecule has 0 saturated carbocycles. The lowest BCUT2D eigenvalue weighted by atomic mass is 10.2. The van der Waals surface area contributed by atoms with Crippen molar-refractivity contribution in [3.05, 3.63) is 105 Å². The largest absolute Gasteiger partial charge is 0.352 e. The highest BCUT2D eigenvalue weighted by molar-refractivity contribution is 7.98. The van der Waals surface area contributed by atoms with Gasteiger partial charge in [-0.25, -0.2) is 4.98 Å². The van der Waals surface area contributed by atoms with Crippen LogP contribution in [0, 0.1) is 0 Å². The van der Waals surface area contributed by atoms with Crippen molar-refractivity contribution in [1.29, 1.82) is 0 Å². The third kappa shape index (κ3) is 6.03. The van der Waals surface area contributed by atoms with Crippen LogP contribution in [0.4, 0.5) is 0 Å². The molecule has 0 aliphatic rings. The molecule has 1 amide bonds. The summed E-state index contributed by atoms with van der Waals surface area (Å²) in [5.74, 6) is 0.563. The van der Waals surface area contributed by atoms with E-state index in [1.807, 2.05) is 72.8 Å². The Bertz CT molecular complexity index is 1310. The monoisotopic (exact) mass is 477 g/mol. The molecule has 3 aromatic carbocycles. The third-order valence-electron chi connectivity index (χ3n) is 5.26. The molecule has 1 aromatic heterocycles. The molecule has 4 aromatic rings. The highest BCUT2D eigenvalue weighted by Crippen LogP contribution is 2.26. The number of halogens is 1. The van der Waals surface area contributed by atoms with E-state index in [9.17, 15) is 9.59 Å². The first-order chi connectivity index (χ1) is 16.1. The number of benzene rings is 3. The van der Waals surface area contributed by atoms with E-state index in [-0.39, 0.29) is 11.5 Å². The quantitative estimate of drug-likeness (QED) is 0.257. The Balaban J connectivity index is 1.46. The van der Waals surface area contributed by atoms with Crippen LogP contribution in [0.2, 0.25) is 5.02 Å². The fraction of sp³-hybridized carbons (Fsp3) is 0.192. The van der Waals surface area contributed by atoms with Crippen LogP contribution in [-0.4, -0.2) is 15.5 Å². The first-order valence-corrected chi connectivity index (χ1v) is 12.1. The van der Waals surface area contributed by atoms with Crippen molar-refractivity contribution >= 4 is 40.2 Å². The molecule has 0 atom stereocenters. The number of thioether (sulfide) groups is 1. The lowest BCUT2D eigenvalue weighted by Crippen LogP contribution is -2.26. The van der Waals surface area contributed by atoms with E-state index in [0.29, 0.717) is 52.8 Å². The number of carbonyl (C=O) groups excluding carboxylic acids is 1. The maximum absolute atomic E-state index is 13.2. The van der Waals surface area contributed by atoms with Crippen molar-refractivity contribution < 1.29 is 4.79 Å². The summed E-state index contributed by atoms with van der Waals surface area (Å²) in [7, 11) is 0. The van der Waals surface area contributed by atoms with Gasteiger partial charge < -0.3 is 5.32 Å². The predicted octanol–water partition coefficient (Wildman–Crippen LogP) is 5.44. The van der Waals surface area contributed by atoms with Crippen LogP contribution in [0.1, 0.15) is 24.0 Å². The number of nitrogens with zero attached hydrogens (tertiary/aromatic N) is 2. The van der Waals surface area contributed by atoms with Gasteiger partial charge in [-0.1, -0.05) is 84.0 Å². The van der Waals surface area contributed by atoms with Crippen molar-refractivity contribution in [2.45, 2.75) is 36.8 Å². The van der Waals surface area contributed by atoms with E-state index in [1.165, 1.54) is 11.8 Å². The van der Waals surface area contributed by atoms with Gasteiger partial charge in [0.05, 0.1) is 10.9 Å². The second-order valence-electron chi connectivity index (χ2n) is 7.61. The molecule has 0 unspecified atom stereocenters. The van der Waals surface area contributed by atoms with Gasteiger partial charge in [-0.2, -0.15) is 0 Å². The van der Waals surface area contributed by atoms with Gasteiger partial charge >= 0.3 is 0 Å². The summed E-state index contributed by atoms with van der Waals surface area (Å²) < 4.78 is 1.67. The van der Waals surface area contributed by atoms with Crippen molar-refractivity contribution in [2.75, 3.05) is 0 Å². The number of para-hydroxylation sites is 1. The molecule has 168 valence electrons. The smallest absolute Gasteiger partial charge is 0.262 e. The topological polar surface area (TPSA) is 64.0 Å². The molecule has 0 bridgehead atoms. The van der Waals surface area contributed by atoms with Gasteiger partial charge in [-0.15, -0.1) is 0 Å². The summed E-state index contributed by atoms with van der Waals surface area (Å²) in [5.41, 5.74) is 2.62. The number of fused-ring (bicyclic) bond motifs is 1. The van der Waals surface area contributed by atoms with Crippen LogP contribution in [0.5, 0.6) is 0 Å². The first kappa shape index (κ1) is 23.1. The molecule has 0 radical (unpaired) electrons. The molecule has 0 aliphatic carbocycles. The van der Waals surface area contributed by atoms with Gasteiger partial charge in [-0.05, 0) is 35.7 Å². The van der Waals surface area contributed by atoms with Gasteiger partial charge in [0.2, 0.25) is 5.91 Å². The van der Waals surface area contributed by atoms with Crippen LogP contribution >= 0.6 is 23.4 Å². The zero-order valence-corrected chi connectivity index (χ0v) is 19.6. The van der Waals surface area contributed by atoms with E-state index < -0.39 is 0 Å². The van der Waals surface area contributed by atoms with Gasteiger partial charge in [0.15, 0.2) is 5.16 Å². The first-order valence-electron chi connectivity index (χ1n) is 10.8. The molecule has 4 rings (SSSR count). The van der Waals surface area contributed by atoms with Crippen LogP contribution in [-0.2, 0) is 23.6 Å². The van der Waals surface area contributed by atoms with Crippen molar-refractivity contribution in [3.8, 4) is 0 Å². The average Bonchev–Trinajstić information content (AvgIpc) is 2.84. The lowest BCUT2D eigenvalue weighted by Gasteiger charge is -2.13. The maximum Gasteiger partial charge on any atom is 0.262 e. The molecule has 0 fully saturated rings. The maximum atomic E-state index is 13.2. The van der Waals surface area contributed by atoms with Crippen molar-refractivity contribution in [2.24, 2.45) is 0 Å². The zero-order chi connectivity index (χ0) is 23.0. The average molecular weight is 478 g/mol. The van der Waals surface area contributed by atoms with Gasteiger partial charge in [-0.3, -0.25) is 14.2 Å². The van der Waals surface area contributed by atoms with Crippen molar-refractivity contribution in [3.63, 3.8) is 0 Å². The summed E-state index contributed by atoms with van der Waals surface area (Å²) in [6.45, 7) is 0.913. The highest BCUT2D eigenvalue weighted by Gasteiger charge is 2.13. The molecule has 7 heteroatoms. The predicted molar refractivity (Wildman–Crippen MR) is 135 cm³/mol. The fourth-order valence-electron chi connectivity index (χ4n) is 3.50. The number of hydrogen-bond acceptors (Lipinski definition) is 4. The SMILES string of the molecule is O=C(CCCn1c(SCc2ccccc2Cl)nc2ccccc2c1=O)NCc1ccccc1. The van der Waals surface area contributed by atoms with E-state index >= 15 is 0 Å². The van der Waals surface area contributed by atoms with Gasteiger partial charge in [0.1, 0.15) is 0 Å². The second-order valence-corrected chi connectivity index (χ2v) is 8.96. The Morgan fingerprint density at radius 2 is 1.70 bits per heavy atom. The van der Waals surface area contributed by atoms with E-state index in [2.05, 4.69) is 5.32 Å². The molecule has 0 aliphatic heterocycles. The van der Waals surface area contributed by atoms with E-state index in [1.54, 1.807) is 10.6 Å². The third-order valence-corrected chi connectivity index (χ3v) is 6.65. The summed E-state index contributed by atoms with van der Waals surface area (Å²) in [4.78, 5) is 30.2. The highest BCUT2D eigenvalue weighted by atomic mass is 35.5. The number of nitrogens with one attached hydrogen (secondary N) is 1. The van der Waals surface area contributed by atoms with E-state index in [4.69, 9.17) is 16.6 Å². The van der Waals surface area contributed by atoms with E-state index in [0.717, 1.165) is 11.1 Å². The molecule has 1 heterocycles. The molecule has 0 spiro atoms. The molecule has 0 saturated heterocycles. The van der Waals surface area contributed by atoms with Crippen LogP contribution in [0.15, 0.2) is 88.8 Å². The molecular weight excluding hydrogens is 454 g/mol. The summed E-state index contributed by atoms with van der Waals surface area (Å²) in [5, 5.41) is 4.83. The minimum atomic E-state index is -0.0908. The van der Waals surface area contributed by atoms with Crippen molar-refractivity contribution in [1.82, 2.24) is 14.9 Å². The van der Waals surface area contributed by atoms with Gasteiger partial charge in [0, 0.05) is 30.3 Å². The summed E-state index contributed by atoms with van der Waals surface area (Å²) in [6, 6.07) is 24.8. The molecular formula is C26H24ClN3O2S. The fourth-order valence-corrected chi connectivity index (χ4v) is 4.81. The minimum absolute atomic E-state index is 0.0362. The zero-order valence-electron chi connectivity index (χ0n) is 18.0. The standard InChI is InChI=1S/C26H24ClN3O2S/c27-22-13-6-4-11-20(22)18-33-26-29-23-14-7-5-12-21(23)25(32)30(26)16-8-15-24(31)28-17-19-9-2-1-3-10-19/h1-7,9-14H,8,15-18H2,(H,28,31). The number of carbonyl (C=O) groups is 1. The Kier molecular flexibility index (Phi) is 7.81. The summed E-state index contributed by atoms with van der Waals surface area (Å²) >= 11 is 7.78. The number of aromatic nitrogens is 2. The minimum Gasteiger partial charge on any atom is -0.352 e. The van der Waals surface area contributed by atoms with Crippen LogP contribution in [0.3, 0.4) is 0 Å². The Morgan fingerprint density at radius 1 is 0.970 bits per heavy atom. The van der Waals surface area contributed by atoms with Gasteiger partial charge in [0.25, 0.3) is 5.56 Å². The number of hydrogen-bond donors (Lipinski definition) is 1. The Hall–Kier alpha value is -3.09. The van der Waals surface area contributed by atoms with Crippen LogP contribution in [0.25, 0.3) is 10.9 Å². The molecule has 1 N–H and O–H groups in total. The summed E-state index contributed by atoms with van der Waals surface area (Å²) in [6.07, 6.45) is 0.876. The number of amides is 1. The lowest BCUT2D eigenvalue weighted by molar-refractivity contribution is -0.121. The Labute approximate surface area is 201 Å². The molecule has 33 heavy (non-hydrogen) atoms. The normalized spacial score (nSPS) is 10.9. The number of rotatable bonds is 9. The molecule has 5 nitrogen and oxygen atoms in total. The Morgan fingerprint density at radius 3 is 2.52 bits per heavy atom. The second kappa shape index (κ2) is 11.2.